The van der Waals surface area contributed by atoms with Crippen LogP contribution in [0, 0.1) is 11.7 Å². The number of ether oxygens (including phenoxy) is 1. The van der Waals surface area contributed by atoms with E-state index in [1.54, 1.807) is 23.0 Å². The summed E-state index contributed by atoms with van der Waals surface area (Å²) in [4.78, 5) is 16.3. The van der Waals surface area contributed by atoms with Crippen molar-refractivity contribution in [3.8, 4) is 5.75 Å². The van der Waals surface area contributed by atoms with Gasteiger partial charge in [0.25, 0.3) is 5.91 Å². The largest absolute Gasteiger partial charge is 0.494 e. The molecule has 7 heteroatoms. The van der Waals surface area contributed by atoms with E-state index in [1.807, 2.05) is 0 Å². The number of hydrogen-bond acceptors (Lipinski definition) is 5. The van der Waals surface area contributed by atoms with Crippen LogP contribution in [-0.2, 0) is 0 Å². The molecule has 1 aromatic carbocycles. The number of methoxy groups -OCH3 is 1. The summed E-state index contributed by atoms with van der Waals surface area (Å²) in [5, 5.41) is 14.1. The Morgan fingerprint density at radius 3 is 2.87 bits per heavy atom. The Labute approximate surface area is 137 Å². The van der Waals surface area contributed by atoms with Gasteiger partial charge in [-0.2, -0.15) is 0 Å². The lowest BCUT2D eigenvalue weighted by Crippen LogP contribution is -2.41. The molecule has 1 aromatic heterocycles. The van der Waals surface area contributed by atoms with Crippen molar-refractivity contribution < 1.29 is 19.0 Å². The van der Waals surface area contributed by atoms with Gasteiger partial charge in [0.05, 0.1) is 24.8 Å². The Hall–Kier alpha value is -1.99. The van der Waals surface area contributed by atoms with Gasteiger partial charge in [0, 0.05) is 5.38 Å². The Morgan fingerprint density at radius 1 is 1.52 bits per heavy atom. The van der Waals surface area contributed by atoms with E-state index >= 15 is 0 Å². The third kappa shape index (κ3) is 3.35. The molecule has 2 aromatic rings. The van der Waals surface area contributed by atoms with Crippen LogP contribution in [-0.4, -0.2) is 29.2 Å². The minimum Gasteiger partial charge on any atom is -0.494 e. The van der Waals surface area contributed by atoms with Gasteiger partial charge in [0.15, 0.2) is 11.6 Å². The van der Waals surface area contributed by atoms with Gasteiger partial charge in [-0.25, -0.2) is 9.37 Å². The summed E-state index contributed by atoms with van der Waals surface area (Å²) in [6.45, 7) is 0. The van der Waals surface area contributed by atoms with Crippen LogP contribution in [0.5, 0.6) is 5.75 Å². The molecule has 3 rings (SSSR count). The van der Waals surface area contributed by atoms with Gasteiger partial charge in [-0.15, -0.1) is 11.3 Å². The van der Waals surface area contributed by atoms with Crippen LogP contribution in [0.15, 0.2) is 29.1 Å². The van der Waals surface area contributed by atoms with Gasteiger partial charge in [-0.1, -0.05) is 6.07 Å². The van der Waals surface area contributed by atoms with Crippen LogP contribution in [0.3, 0.4) is 0 Å². The van der Waals surface area contributed by atoms with Gasteiger partial charge in [-0.3, -0.25) is 4.79 Å². The molecule has 0 bridgehead atoms. The maximum atomic E-state index is 14.0. The molecule has 0 saturated heterocycles. The number of hydrogen-bond donors (Lipinski definition) is 2. The number of nitrogens with one attached hydrogen (secondary N) is 1. The predicted molar refractivity (Wildman–Crippen MR) is 84.0 cm³/mol. The zero-order valence-corrected chi connectivity index (χ0v) is 13.3. The maximum absolute atomic E-state index is 14.0. The van der Waals surface area contributed by atoms with Crippen LogP contribution in [0.4, 0.5) is 4.39 Å². The summed E-state index contributed by atoms with van der Waals surface area (Å²) in [5.74, 6) is -0.543. The number of halogens is 1. The summed E-state index contributed by atoms with van der Waals surface area (Å²) in [6.07, 6.45) is 0.799. The number of rotatable bonds is 5. The van der Waals surface area contributed by atoms with Crippen LogP contribution in [0.2, 0.25) is 0 Å². The second-order valence-corrected chi connectivity index (χ2v) is 6.32. The predicted octanol–water partition coefficient (Wildman–Crippen LogP) is 2.53. The highest BCUT2D eigenvalue weighted by atomic mass is 32.1. The molecule has 0 aliphatic heterocycles. The second kappa shape index (κ2) is 6.64. The lowest BCUT2D eigenvalue weighted by Gasteiger charge is -2.38. The summed E-state index contributed by atoms with van der Waals surface area (Å²) < 4.78 is 18.9. The van der Waals surface area contributed by atoms with Crippen LogP contribution >= 0.6 is 11.3 Å². The van der Waals surface area contributed by atoms with Crippen molar-refractivity contribution >= 4 is 17.2 Å². The van der Waals surface area contributed by atoms with Gasteiger partial charge < -0.3 is 15.2 Å². The molecule has 1 aliphatic carbocycles. The highest BCUT2D eigenvalue weighted by Gasteiger charge is 2.36. The number of nitrogens with zero attached hydrogens (tertiary/aromatic N) is 1. The van der Waals surface area contributed by atoms with Crippen LogP contribution in [0.1, 0.15) is 34.9 Å². The Morgan fingerprint density at radius 2 is 2.30 bits per heavy atom. The zero-order valence-electron chi connectivity index (χ0n) is 12.5. The highest BCUT2D eigenvalue weighted by molar-refractivity contribution is 7.07. The zero-order chi connectivity index (χ0) is 16.4. The Bertz CT molecular complexity index is 687. The van der Waals surface area contributed by atoms with Gasteiger partial charge in [0.2, 0.25) is 0 Å². The Balaban J connectivity index is 1.83. The quantitative estimate of drug-likeness (QED) is 0.880. The molecule has 0 unspecified atom stereocenters. The number of aliphatic hydroxyl groups excluding tert-OH is 1. The van der Waals surface area contributed by atoms with E-state index in [0.717, 1.165) is 0 Å². The molecular formula is C16H17FN2O3S. The van der Waals surface area contributed by atoms with Crippen molar-refractivity contribution in [3.63, 3.8) is 0 Å². The Kier molecular flexibility index (Phi) is 4.58. The molecule has 1 amide bonds. The molecule has 122 valence electrons. The van der Waals surface area contributed by atoms with Crippen molar-refractivity contribution in [2.45, 2.75) is 25.0 Å². The fourth-order valence-corrected chi connectivity index (χ4v) is 3.32. The van der Waals surface area contributed by atoms with E-state index in [9.17, 15) is 14.3 Å². The first-order valence-corrected chi connectivity index (χ1v) is 8.23. The number of carbonyl (C=O) groups excluding carboxylic acids is 1. The smallest absolute Gasteiger partial charge is 0.271 e. The average molecular weight is 336 g/mol. The molecule has 1 heterocycles. The number of carbonyl (C=O) groups is 1. The summed E-state index contributed by atoms with van der Waals surface area (Å²) in [7, 11) is 1.40. The van der Waals surface area contributed by atoms with Crippen molar-refractivity contribution in [1.29, 1.82) is 0 Å². The molecule has 5 nitrogen and oxygen atoms in total. The fraction of sp³-hybridized carbons (Fsp3) is 0.375. The number of benzene rings is 1. The van der Waals surface area contributed by atoms with Crippen LogP contribution < -0.4 is 10.1 Å². The number of aliphatic hydroxyl groups is 1. The lowest BCUT2D eigenvalue weighted by molar-refractivity contribution is 0.0234. The molecule has 0 spiro atoms. The molecule has 1 aliphatic rings. The summed E-state index contributed by atoms with van der Waals surface area (Å²) in [5.41, 5.74) is 2.59. The van der Waals surface area contributed by atoms with E-state index in [-0.39, 0.29) is 29.7 Å². The minimum absolute atomic E-state index is 0.0698. The first-order chi connectivity index (χ1) is 11.1. The van der Waals surface area contributed by atoms with E-state index in [1.165, 1.54) is 24.5 Å². The number of amides is 1. The molecular weight excluding hydrogens is 319 g/mol. The monoisotopic (exact) mass is 336 g/mol. The third-order valence-corrected chi connectivity index (χ3v) is 4.69. The van der Waals surface area contributed by atoms with Gasteiger partial charge in [0.1, 0.15) is 5.69 Å². The average Bonchev–Trinajstić information content (AvgIpc) is 3.04. The third-order valence-electron chi connectivity index (χ3n) is 4.11. The molecule has 2 N–H and O–H groups in total. The maximum Gasteiger partial charge on any atom is 0.271 e. The standard InChI is InChI=1S/C16H17FN2O3S/c1-22-14-3-2-9(6-12(14)17)15(10-4-11(20)5-10)19-16(21)13-7-23-8-18-13/h2-3,6-8,10-11,15,20H,4-5H2,1H3,(H,19,21)/t10?,11?,15-/m0/s1. The topological polar surface area (TPSA) is 71.5 Å². The summed E-state index contributed by atoms with van der Waals surface area (Å²) in [6, 6.07) is 4.28. The highest BCUT2D eigenvalue weighted by Crippen LogP contribution is 2.39. The fourth-order valence-electron chi connectivity index (χ4n) is 2.79. The van der Waals surface area contributed by atoms with Crippen molar-refractivity contribution in [1.82, 2.24) is 10.3 Å². The van der Waals surface area contributed by atoms with E-state index < -0.39 is 5.82 Å². The van der Waals surface area contributed by atoms with E-state index in [2.05, 4.69) is 10.3 Å². The normalized spacial score (nSPS) is 21.3. The molecule has 1 atom stereocenters. The number of aromatic nitrogens is 1. The van der Waals surface area contributed by atoms with Gasteiger partial charge in [-0.05, 0) is 36.5 Å². The molecule has 0 radical (unpaired) electrons. The van der Waals surface area contributed by atoms with E-state index in [0.29, 0.717) is 24.1 Å². The lowest BCUT2D eigenvalue weighted by atomic mass is 9.75. The van der Waals surface area contributed by atoms with Crippen molar-refractivity contribution in [2.24, 2.45) is 5.92 Å². The first-order valence-electron chi connectivity index (χ1n) is 7.29. The van der Waals surface area contributed by atoms with E-state index in [4.69, 9.17) is 4.74 Å². The summed E-state index contributed by atoms with van der Waals surface area (Å²) >= 11 is 1.34. The van der Waals surface area contributed by atoms with Crippen molar-refractivity contribution in [2.75, 3.05) is 7.11 Å². The molecule has 1 fully saturated rings. The second-order valence-electron chi connectivity index (χ2n) is 5.60. The molecule has 23 heavy (non-hydrogen) atoms. The van der Waals surface area contributed by atoms with Gasteiger partial charge >= 0.3 is 0 Å². The first kappa shape index (κ1) is 15.9. The van der Waals surface area contributed by atoms with Crippen LogP contribution in [0.25, 0.3) is 0 Å². The minimum atomic E-state index is -0.474. The van der Waals surface area contributed by atoms with Crippen molar-refractivity contribution in [3.05, 3.63) is 46.2 Å². The molecule has 1 saturated carbocycles. The number of thiazole rings is 1. The SMILES string of the molecule is COc1ccc([C@H](NC(=O)c2cscn2)C2CC(O)C2)cc1F.